The zero-order valence-corrected chi connectivity index (χ0v) is 19.3. The summed E-state index contributed by atoms with van der Waals surface area (Å²) in [6.45, 7) is 0.496. The number of sulfonamides is 1. The maximum atomic E-state index is 12.9. The lowest BCUT2D eigenvalue weighted by molar-refractivity contribution is -0.135. The molecule has 0 radical (unpaired) electrons. The third kappa shape index (κ3) is 7.55. The summed E-state index contributed by atoms with van der Waals surface area (Å²) < 4.78 is 38.0. The molecule has 1 heterocycles. The van der Waals surface area contributed by atoms with E-state index >= 15 is 0 Å². The molecule has 1 atom stereocenters. The molecule has 9 nitrogen and oxygen atoms in total. The van der Waals surface area contributed by atoms with E-state index in [1.165, 1.54) is 17.0 Å². The summed E-state index contributed by atoms with van der Waals surface area (Å²) in [7, 11) is -2.32. The van der Waals surface area contributed by atoms with Crippen molar-refractivity contribution in [3.8, 4) is 5.75 Å². The first-order valence-corrected chi connectivity index (χ1v) is 12.2. The Morgan fingerprint density at radius 2 is 1.94 bits per heavy atom. The fraction of sp³-hybridized carbons (Fsp3) is 0.391. The Bertz CT molecular complexity index is 1040. The van der Waals surface area contributed by atoms with Crippen LogP contribution in [0.5, 0.6) is 5.75 Å². The van der Waals surface area contributed by atoms with E-state index < -0.39 is 22.5 Å². The van der Waals surface area contributed by atoms with Gasteiger partial charge in [0.25, 0.3) is 0 Å². The van der Waals surface area contributed by atoms with Gasteiger partial charge in [-0.05, 0) is 42.7 Å². The molecule has 1 aliphatic heterocycles. The first kappa shape index (κ1) is 24.7. The second kappa shape index (κ2) is 11.8. The highest BCUT2D eigenvalue weighted by atomic mass is 32.2. The highest BCUT2D eigenvalue weighted by molar-refractivity contribution is 7.89. The van der Waals surface area contributed by atoms with Gasteiger partial charge in [-0.3, -0.25) is 9.59 Å². The van der Waals surface area contributed by atoms with E-state index in [1.54, 1.807) is 49.6 Å². The van der Waals surface area contributed by atoms with E-state index in [-0.39, 0.29) is 30.0 Å². The molecule has 0 aromatic heterocycles. The number of benzene rings is 2. The summed E-state index contributed by atoms with van der Waals surface area (Å²) in [5.74, 6) is -0.246. The van der Waals surface area contributed by atoms with E-state index in [1.807, 2.05) is 0 Å². The number of carbonyl (C=O) groups excluding carboxylic acids is 2. The molecule has 2 N–H and O–H groups in total. The van der Waals surface area contributed by atoms with E-state index in [0.717, 1.165) is 18.4 Å². The smallest absolute Gasteiger partial charge is 0.241 e. The normalized spacial score (nSPS) is 15.7. The van der Waals surface area contributed by atoms with Gasteiger partial charge in [-0.1, -0.05) is 30.3 Å². The third-order valence-electron chi connectivity index (χ3n) is 5.21. The number of carbonyl (C=O) groups is 2. The van der Waals surface area contributed by atoms with Gasteiger partial charge in [0.2, 0.25) is 21.8 Å². The molecular weight excluding hydrogens is 446 g/mol. The Hall–Kier alpha value is -2.95. The Balaban J connectivity index is 1.66. The van der Waals surface area contributed by atoms with Gasteiger partial charge in [-0.25, -0.2) is 13.1 Å². The molecule has 1 saturated heterocycles. The van der Waals surface area contributed by atoms with Crippen LogP contribution in [-0.2, 0) is 30.9 Å². The molecule has 0 unspecified atom stereocenters. The Morgan fingerprint density at radius 3 is 2.64 bits per heavy atom. The molecule has 3 rings (SSSR count). The van der Waals surface area contributed by atoms with Gasteiger partial charge in [0, 0.05) is 19.7 Å². The van der Waals surface area contributed by atoms with Crippen LogP contribution in [0.2, 0.25) is 0 Å². The minimum Gasteiger partial charge on any atom is -0.497 e. The van der Waals surface area contributed by atoms with E-state index in [9.17, 15) is 18.0 Å². The van der Waals surface area contributed by atoms with Crippen molar-refractivity contribution < 1.29 is 27.5 Å². The number of nitrogens with one attached hydrogen (secondary N) is 2. The molecule has 2 aromatic rings. The predicted molar refractivity (Wildman–Crippen MR) is 122 cm³/mol. The lowest BCUT2D eigenvalue weighted by Crippen LogP contribution is -2.45. The van der Waals surface area contributed by atoms with Crippen molar-refractivity contribution in [3.05, 3.63) is 60.2 Å². The number of rotatable bonds is 11. The Kier molecular flexibility index (Phi) is 8.81. The quantitative estimate of drug-likeness (QED) is 0.506. The van der Waals surface area contributed by atoms with Crippen LogP contribution in [0.25, 0.3) is 0 Å². The zero-order valence-electron chi connectivity index (χ0n) is 18.5. The van der Waals surface area contributed by atoms with E-state index in [2.05, 4.69) is 10.0 Å². The Labute approximate surface area is 194 Å². The number of nitrogens with zero attached hydrogens (tertiary/aromatic N) is 1. The summed E-state index contributed by atoms with van der Waals surface area (Å²) in [5, 5.41) is 2.80. The summed E-state index contributed by atoms with van der Waals surface area (Å²) in [4.78, 5) is 26.8. The fourth-order valence-electron chi connectivity index (χ4n) is 3.44. The molecule has 2 aromatic carbocycles. The number of methoxy groups -OCH3 is 1. The summed E-state index contributed by atoms with van der Waals surface area (Å²) >= 11 is 0. The largest absolute Gasteiger partial charge is 0.497 e. The molecule has 178 valence electrons. The van der Waals surface area contributed by atoms with Gasteiger partial charge in [0.1, 0.15) is 5.75 Å². The van der Waals surface area contributed by atoms with Crippen LogP contribution in [0.15, 0.2) is 59.5 Å². The zero-order chi connectivity index (χ0) is 23.7. The van der Waals surface area contributed by atoms with Gasteiger partial charge in [-0.2, -0.15) is 0 Å². The summed E-state index contributed by atoms with van der Waals surface area (Å²) in [5.41, 5.74) is 0.751. The van der Waals surface area contributed by atoms with Gasteiger partial charge in [0.05, 0.1) is 31.2 Å². The number of hydrogen-bond acceptors (Lipinski definition) is 6. The maximum absolute atomic E-state index is 12.9. The predicted octanol–water partition coefficient (Wildman–Crippen LogP) is 1.30. The lowest BCUT2D eigenvalue weighted by atomic mass is 10.2. The molecule has 10 heteroatoms. The molecule has 2 amide bonds. The SMILES string of the molecule is COc1cccc(CN(CC(=O)NC[C@H]2CCCO2)C(=O)CNS(=O)(=O)c2ccccc2)c1. The van der Waals surface area contributed by atoms with Crippen LogP contribution in [-0.4, -0.2) is 64.6 Å². The summed E-state index contributed by atoms with van der Waals surface area (Å²) in [6.07, 6.45) is 1.82. The molecule has 1 fully saturated rings. The maximum Gasteiger partial charge on any atom is 0.241 e. The number of amides is 2. The first-order chi connectivity index (χ1) is 15.9. The lowest BCUT2D eigenvalue weighted by Gasteiger charge is -2.23. The summed E-state index contributed by atoms with van der Waals surface area (Å²) in [6, 6.07) is 14.9. The Morgan fingerprint density at radius 1 is 1.15 bits per heavy atom. The van der Waals surface area contributed by atoms with Gasteiger partial charge in [0.15, 0.2) is 0 Å². The number of hydrogen-bond donors (Lipinski definition) is 2. The van der Waals surface area contributed by atoms with Crippen molar-refractivity contribution in [3.63, 3.8) is 0 Å². The van der Waals surface area contributed by atoms with Crippen LogP contribution < -0.4 is 14.8 Å². The van der Waals surface area contributed by atoms with E-state index in [4.69, 9.17) is 9.47 Å². The molecule has 33 heavy (non-hydrogen) atoms. The second-order valence-corrected chi connectivity index (χ2v) is 9.44. The van der Waals surface area contributed by atoms with Crippen molar-refractivity contribution in [2.45, 2.75) is 30.4 Å². The highest BCUT2D eigenvalue weighted by Crippen LogP contribution is 2.15. The minimum absolute atomic E-state index is 0.0193. The standard InChI is InChI=1S/C23H29N3O6S/c1-31-19-8-5-7-18(13-19)16-26(17-22(27)24-14-20-9-6-12-32-20)23(28)15-25-33(29,30)21-10-3-2-4-11-21/h2-5,7-8,10-11,13,20,25H,6,9,12,14-17H2,1H3,(H,24,27)/t20-/m1/s1. The monoisotopic (exact) mass is 475 g/mol. The second-order valence-electron chi connectivity index (χ2n) is 7.68. The topological polar surface area (TPSA) is 114 Å². The minimum atomic E-state index is -3.86. The van der Waals surface area contributed by atoms with Crippen LogP contribution in [0.4, 0.5) is 0 Å². The van der Waals surface area contributed by atoms with Gasteiger partial charge < -0.3 is 19.7 Å². The van der Waals surface area contributed by atoms with Crippen LogP contribution in [0.3, 0.4) is 0 Å². The molecule has 0 bridgehead atoms. The van der Waals surface area contributed by atoms with Crippen LogP contribution in [0, 0.1) is 0 Å². The molecule has 1 aliphatic rings. The molecule has 0 saturated carbocycles. The highest BCUT2D eigenvalue weighted by Gasteiger charge is 2.22. The van der Waals surface area contributed by atoms with Gasteiger partial charge in [-0.15, -0.1) is 0 Å². The first-order valence-electron chi connectivity index (χ1n) is 10.7. The average molecular weight is 476 g/mol. The average Bonchev–Trinajstić information content (AvgIpc) is 3.35. The van der Waals surface area contributed by atoms with Crippen molar-refractivity contribution in [2.24, 2.45) is 0 Å². The van der Waals surface area contributed by atoms with Crippen molar-refractivity contribution in [1.82, 2.24) is 14.9 Å². The van der Waals surface area contributed by atoms with Gasteiger partial charge >= 0.3 is 0 Å². The molecule has 0 spiro atoms. The molecular formula is C23H29N3O6S. The van der Waals surface area contributed by atoms with Crippen LogP contribution in [0.1, 0.15) is 18.4 Å². The molecule has 0 aliphatic carbocycles. The number of ether oxygens (including phenoxy) is 2. The van der Waals surface area contributed by atoms with Crippen LogP contribution >= 0.6 is 0 Å². The van der Waals surface area contributed by atoms with Crippen molar-refractivity contribution in [2.75, 3.05) is 33.4 Å². The fourth-order valence-corrected chi connectivity index (χ4v) is 4.43. The van der Waals surface area contributed by atoms with Crippen molar-refractivity contribution in [1.29, 1.82) is 0 Å². The third-order valence-corrected chi connectivity index (χ3v) is 6.63. The van der Waals surface area contributed by atoms with Crippen molar-refractivity contribution >= 4 is 21.8 Å². The van der Waals surface area contributed by atoms with E-state index in [0.29, 0.717) is 18.9 Å².